The summed E-state index contributed by atoms with van der Waals surface area (Å²) >= 11 is 1.10. The first-order valence-corrected chi connectivity index (χ1v) is 10.8. The van der Waals surface area contributed by atoms with Crippen LogP contribution in [0.3, 0.4) is 0 Å². The Balaban J connectivity index is 1.65. The van der Waals surface area contributed by atoms with E-state index in [0.29, 0.717) is 6.08 Å². The number of nitrogens with zero attached hydrogens (tertiary/aromatic N) is 1. The first-order valence-electron chi connectivity index (χ1n) is 9.95. The van der Waals surface area contributed by atoms with E-state index in [1.54, 1.807) is 6.07 Å². The maximum absolute atomic E-state index is 12.9. The van der Waals surface area contributed by atoms with Crippen LogP contribution in [0.25, 0.3) is 16.5 Å². The number of aliphatic carboxylic acids is 1. The Morgan fingerprint density at radius 3 is 1.76 bits per heavy atom. The van der Waals surface area contributed by atoms with Crippen molar-refractivity contribution in [1.29, 1.82) is 0 Å². The lowest BCUT2D eigenvalue weighted by Crippen LogP contribution is -2.19. The molecule has 3 aromatic carbocycles. The Hall–Kier alpha value is -3.84. The van der Waals surface area contributed by atoms with Gasteiger partial charge in [0, 0.05) is 26.8 Å². The Bertz CT molecular complexity index is 1220. The molecule has 0 atom stereocenters. The Kier molecular flexibility index (Phi) is 6.33. The summed E-state index contributed by atoms with van der Waals surface area (Å²) in [6.45, 7) is 0. The fourth-order valence-corrected chi connectivity index (χ4v) is 4.33. The number of hydrogen-bond donors (Lipinski definition) is 1. The van der Waals surface area contributed by atoms with Crippen molar-refractivity contribution in [3.05, 3.63) is 108 Å². The minimum Gasteiger partial charge on any atom is -0.478 e. The van der Waals surface area contributed by atoms with E-state index >= 15 is 0 Å². The molecule has 0 aliphatic heterocycles. The van der Waals surface area contributed by atoms with Crippen LogP contribution in [0.5, 0.6) is 0 Å². The van der Waals surface area contributed by atoms with Gasteiger partial charge in [0.2, 0.25) is 0 Å². The van der Waals surface area contributed by atoms with Crippen molar-refractivity contribution >= 4 is 40.4 Å². The number of benzene rings is 3. The summed E-state index contributed by atoms with van der Waals surface area (Å²) in [6.07, 6.45) is -4.26. The Labute approximate surface area is 192 Å². The van der Waals surface area contributed by atoms with Gasteiger partial charge in [0.05, 0.1) is 0 Å². The van der Waals surface area contributed by atoms with Crippen LogP contribution in [0.4, 0.5) is 30.2 Å². The maximum atomic E-state index is 12.9. The normalized spacial score (nSPS) is 11.9. The third-order valence-electron chi connectivity index (χ3n) is 4.89. The highest BCUT2D eigenvalue weighted by molar-refractivity contribution is 7.16. The number of alkyl halides is 3. The third-order valence-corrected chi connectivity index (χ3v) is 5.97. The van der Waals surface area contributed by atoms with Crippen LogP contribution in [-0.2, 0) is 4.79 Å². The summed E-state index contributed by atoms with van der Waals surface area (Å²) in [5.41, 5.74) is 2.15. The Morgan fingerprint density at radius 2 is 1.27 bits per heavy atom. The molecule has 0 unspecified atom stereocenters. The number of carbonyl (C=O) groups is 1. The highest BCUT2D eigenvalue weighted by atomic mass is 32.1. The zero-order valence-corrected chi connectivity index (χ0v) is 18.0. The number of para-hydroxylation sites is 2. The van der Waals surface area contributed by atoms with Gasteiger partial charge in [-0.15, -0.1) is 11.3 Å². The van der Waals surface area contributed by atoms with Gasteiger partial charge in [-0.25, -0.2) is 4.79 Å². The van der Waals surface area contributed by atoms with Gasteiger partial charge < -0.3 is 10.0 Å². The standard InChI is InChI=1S/C26H18F3NO2S/c27-26(28,29)23(25(31)32)17-22-15-16-24(33-22)18-11-13-21(14-12-18)30(19-7-3-1-4-8-19)20-9-5-2-6-10-20/h1-17H,(H,31,32)/b23-17+. The van der Waals surface area contributed by atoms with E-state index < -0.39 is 17.7 Å². The third kappa shape index (κ3) is 5.15. The zero-order chi connectivity index (χ0) is 23.4. The summed E-state index contributed by atoms with van der Waals surface area (Å²) in [5.74, 6) is -2.00. The lowest BCUT2D eigenvalue weighted by molar-refractivity contribution is -0.144. The predicted octanol–water partition coefficient (Wildman–Crippen LogP) is 7.92. The van der Waals surface area contributed by atoms with Crippen molar-refractivity contribution in [2.45, 2.75) is 6.18 Å². The first-order chi connectivity index (χ1) is 15.8. The number of carboxylic acid groups (broad SMARTS) is 1. The fraction of sp³-hybridized carbons (Fsp3) is 0.0385. The molecule has 1 N–H and O–H groups in total. The van der Waals surface area contributed by atoms with Crippen LogP contribution in [0.1, 0.15) is 4.88 Å². The number of carboxylic acids is 1. The second kappa shape index (κ2) is 9.34. The van der Waals surface area contributed by atoms with E-state index in [9.17, 15) is 18.0 Å². The SMILES string of the molecule is O=C(O)/C(=C\c1ccc(-c2ccc(N(c3ccccc3)c3ccccc3)cc2)s1)C(F)(F)F. The number of halogens is 3. The lowest BCUT2D eigenvalue weighted by atomic mass is 10.1. The molecule has 4 rings (SSSR count). The van der Waals surface area contributed by atoms with Crippen LogP contribution in [0, 0.1) is 0 Å². The molecule has 33 heavy (non-hydrogen) atoms. The monoisotopic (exact) mass is 465 g/mol. The van der Waals surface area contributed by atoms with Crippen LogP contribution < -0.4 is 4.90 Å². The van der Waals surface area contributed by atoms with Crippen molar-refractivity contribution in [2.75, 3.05) is 4.90 Å². The van der Waals surface area contributed by atoms with Gasteiger partial charge in [0.1, 0.15) is 5.57 Å². The molecule has 166 valence electrons. The van der Waals surface area contributed by atoms with Gasteiger partial charge in [0.25, 0.3) is 0 Å². The quantitative estimate of drug-likeness (QED) is 0.294. The van der Waals surface area contributed by atoms with Crippen molar-refractivity contribution in [3.8, 4) is 10.4 Å². The average Bonchev–Trinajstić information content (AvgIpc) is 3.28. The minimum atomic E-state index is -4.92. The van der Waals surface area contributed by atoms with Gasteiger partial charge in [-0.1, -0.05) is 48.5 Å². The average molecular weight is 465 g/mol. The molecule has 7 heteroatoms. The van der Waals surface area contributed by atoms with Crippen LogP contribution in [-0.4, -0.2) is 17.3 Å². The van der Waals surface area contributed by atoms with E-state index in [-0.39, 0.29) is 4.88 Å². The summed E-state index contributed by atoms with van der Waals surface area (Å²) in [7, 11) is 0. The highest BCUT2D eigenvalue weighted by Crippen LogP contribution is 2.37. The van der Waals surface area contributed by atoms with Crippen LogP contribution in [0.15, 0.2) is 103 Å². The summed E-state index contributed by atoms with van der Waals surface area (Å²) in [4.78, 5) is 14.0. The highest BCUT2D eigenvalue weighted by Gasteiger charge is 2.38. The molecule has 0 aliphatic rings. The van der Waals surface area contributed by atoms with Crippen LogP contribution >= 0.6 is 11.3 Å². The molecule has 0 saturated heterocycles. The molecular formula is C26H18F3NO2S. The summed E-state index contributed by atoms with van der Waals surface area (Å²) < 4.78 is 38.8. The van der Waals surface area contributed by atoms with Gasteiger partial charge in [0.15, 0.2) is 0 Å². The Morgan fingerprint density at radius 1 is 0.758 bits per heavy atom. The van der Waals surface area contributed by atoms with E-state index in [4.69, 9.17) is 5.11 Å². The van der Waals surface area contributed by atoms with E-state index in [2.05, 4.69) is 4.90 Å². The number of rotatable bonds is 6. The van der Waals surface area contributed by atoms with Crippen molar-refractivity contribution < 1.29 is 23.1 Å². The molecule has 4 aromatic rings. The van der Waals surface area contributed by atoms with Crippen molar-refractivity contribution in [1.82, 2.24) is 0 Å². The van der Waals surface area contributed by atoms with Crippen molar-refractivity contribution in [3.63, 3.8) is 0 Å². The topological polar surface area (TPSA) is 40.5 Å². The number of hydrogen-bond acceptors (Lipinski definition) is 3. The largest absolute Gasteiger partial charge is 0.478 e. The minimum absolute atomic E-state index is 0.221. The van der Waals surface area contributed by atoms with Gasteiger partial charge in [-0.3, -0.25) is 0 Å². The maximum Gasteiger partial charge on any atom is 0.423 e. The predicted molar refractivity (Wildman–Crippen MR) is 126 cm³/mol. The molecule has 1 aromatic heterocycles. The molecule has 0 radical (unpaired) electrons. The molecule has 0 saturated carbocycles. The second-order valence-corrected chi connectivity index (χ2v) is 8.23. The van der Waals surface area contributed by atoms with Gasteiger partial charge in [-0.2, -0.15) is 13.2 Å². The molecule has 0 aliphatic carbocycles. The van der Waals surface area contributed by atoms with E-state index in [1.807, 2.05) is 84.9 Å². The van der Waals surface area contributed by atoms with E-state index in [1.165, 1.54) is 6.07 Å². The first kappa shape index (κ1) is 22.4. The molecular weight excluding hydrogens is 447 g/mol. The lowest BCUT2D eigenvalue weighted by Gasteiger charge is -2.25. The second-order valence-electron chi connectivity index (χ2n) is 7.12. The molecule has 0 amide bonds. The number of thiophene rings is 1. The summed E-state index contributed by atoms with van der Waals surface area (Å²) in [6, 6.07) is 30.7. The van der Waals surface area contributed by atoms with Crippen LogP contribution in [0.2, 0.25) is 0 Å². The molecule has 1 heterocycles. The molecule has 0 spiro atoms. The van der Waals surface area contributed by atoms with Crippen molar-refractivity contribution in [2.24, 2.45) is 0 Å². The van der Waals surface area contributed by atoms with Gasteiger partial charge >= 0.3 is 12.1 Å². The summed E-state index contributed by atoms with van der Waals surface area (Å²) in [5, 5.41) is 8.88. The molecule has 0 fully saturated rings. The smallest absolute Gasteiger partial charge is 0.423 e. The van der Waals surface area contributed by atoms with E-state index in [0.717, 1.165) is 38.8 Å². The van der Waals surface area contributed by atoms with Gasteiger partial charge in [-0.05, 0) is 60.2 Å². The number of anilines is 3. The fourth-order valence-electron chi connectivity index (χ4n) is 3.37. The zero-order valence-electron chi connectivity index (χ0n) is 17.2. The molecule has 3 nitrogen and oxygen atoms in total. The molecule has 0 bridgehead atoms.